The number of nitrogens with one attached hydrogen (secondary N) is 1. The zero-order chi connectivity index (χ0) is 20.4. The van der Waals surface area contributed by atoms with E-state index in [2.05, 4.69) is 25.3 Å². The Hall–Kier alpha value is -2.52. The second-order valence-electron chi connectivity index (χ2n) is 7.37. The molecule has 1 fully saturated rings. The molecule has 1 saturated heterocycles. The lowest BCUT2D eigenvalue weighted by molar-refractivity contribution is 0.0605. The Morgan fingerprint density at radius 2 is 2.00 bits per heavy atom. The third-order valence-corrected chi connectivity index (χ3v) is 6.43. The van der Waals surface area contributed by atoms with Gasteiger partial charge in [0.1, 0.15) is 21.3 Å². The second kappa shape index (κ2) is 8.46. The van der Waals surface area contributed by atoms with E-state index in [0.29, 0.717) is 16.5 Å². The molecule has 8 nitrogen and oxygen atoms in total. The van der Waals surface area contributed by atoms with Gasteiger partial charge in [-0.05, 0) is 45.3 Å². The van der Waals surface area contributed by atoms with E-state index in [-0.39, 0.29) is 5.97 Å². The van der Waals surface area contributed by atoms with Gasteiger partial charge in [-0.2, -0.15) is 5.10 Å². The average molecular weight is 415 g/mol. The number of aryl methyl sites for hydroxylation is 2. The molecule has 0 bridgehead atoms. The molecule has 0 spiro atoms. The molecular formula is C20H26N6O2S. The molecule has 0 aliphatic carbocycles. The molecule has 0 amide bonds. The fraction of sp³-hybridized carbons (Fsp3) is 0.500. The number of carbonyl (C=O) groups excluding carboxylic acids is 1. The number of thiophene rings is 1. The largest absolute Gasteiger partial charge is 0.465 e. The summed E-state index contributed by atoms with van der Waals surface area (Å²) in [7, 11) is 1.39. The lowest BCUT2D eigenvalue weighted by atomic mass is 10.1. The Bertz CT molecular complexity index is 1020. The highest BCUT2D eigenvalue weighted by atomic mass is 32.1. The summed E-state index contributed by atoms with van der Waals surface area (Å²) in [6.07, 6.45) is 7.74. The Balaban J connectivity index is 1.54. The minimum Gasteiger partial charge on any atom is -0.465 e. The van der Waals surface area contributed by atoms with Gasteiger partial charge in [0.25, 0.3) is 0 Å². The number of likely N-dealkylation sites (tertiary alicyclic amines) is 1. The number of piperidine rings is 1. The van der Waals surface area contributed by atoms with Crippen molar-refractivity contribution in [1.82, 2.24) is 24.6 Å². The molecule has 1 N–H and O–H groups in total. The van der Waals surface area contributed by atoms with Gasteiger partial charge >= 0.3 is 5.97 Å². The van der Waals surface area contributed by atoms with E-state index in [9.17, 15) is 4.79 Å². The monoisotopic (exact) mass is 414 g/mol. The molecule has 1 aliphatic rings. The van der Waals surface area contributed by atoms with Crippen LogP contribution in [0.4, 0.5) is 11.5 Å². The summed E-state index contributed by atoms with van der Waals surface area (Å²) >= 11 is 1.33. The molecule has 0 saturated carbocycles. The normalized spacial score (nSPS) is 15.0. The zero-order valence-electron chi connectivity index (χ0n) is 17.1. The SMILES string of the molecule is COC(=O)c1sc2nc(C)nc(Nc3cnn(CCN4CCCCC4)c3)c2c1C. The van der Waals surface area contributed by atoms with Crippen molar-refractivity contribution in [3.63, 3.8) is 0 Å². The van der Waals surface area contributed by atoms with Gasteiger partial charge in [0.05, 0.1) is 30.9 Å². The predicted molar refractivity (Wildman–Crippen MR) is 114 cm³/mol. The first-order valence-electron chi connectivity index (χ1n) is 9.93. The van der Waals surface area contributed by atoms with Crippen LogP contribution in [0.15, 0.2) is 12.4 Å². The molecule has 3 aromatic rings. The quantitative estimate of drug-likeness (QED) is 0.618. The summed E-state index contributed by atoms with van der Waals surface area (Å²) in [5.74, 6) is 0.988. The number of anilines is 2. The van der Waals surface area contributed by atoms with Crippen LogP contribution in [-0.2, 0) is 11.3 Å². The molecule has 0 aromatic carbocycles. The number of rotatable bonds is 6. The zero-order valence-corrected chi connectivity index (χ0v) is 17.9. The van der Waals surface area contributed by atoms with E-state index in [1.165, 1.54) is 50.8 Å². The molecule has 4 heterocycles. The van der Waals surface area contributed by atoms with E-state index in [1.54, 1.807) is 0 Å². The third kappa shape index (κ3) is 4.25. The molecule has 154 valence electrons. The molecule has 0 unspecified atom stereocenters. The molecule has 0 radical (unpaired) electrons. The van der Waals surface area contributed by atoms with Crippen molar-refractivity contribution >= 4 is 39.0 Å². The van der Waals surface area contributed by atoms with Gasteiger partial charge in [-0.3, -0.25) is 4.68 Å². The van der Waals surface area contributed by atoms with E-state index in [1.807, 2.05) is 30.9 Å². The summed E-state index contributed by atoms with van der Waals surface area (Å²) < 4.78 is 6.86. The lowest BCUT2D eigenvalue weighted by Crippen LogP contribution is -2.32. The highest BCUT2D eigenvalue weighted by Gasteiger charge is 2.21. The van der Waals surface area contributed by atoms with Crippen molar-refractivity contribution in [1.29, 1.82) is 0 Å². The summed E-state index contributed by atoms with van der Waals surface area (Å²) in [6.45, 7) is 8.00. The first kappa shape index (κ1) is 19.8. The summed E-state index contributed by atoms with van der Waals surface area (Å²) in [5, 5.41) is 8.69. The molecule has 9 heteroatoms. The van der Waals surface area contributed by atoms with Crippen LogP contribution >= 0.6 is 11.3 Å². The minimum atomic E-state index is -0.348. The van der Waals surface area contributed by atoms with Gasteiger partial charge in [0.15, 0.2) is 0 Å². The van der Waals surface area contributed by atoms with Crippen LogP contribution in [0.5, 0.6) is 0 Å². The van der Waals surface area contributed by atoms with Crippen LogP contribution in [0, 0.1) is 13.8 Å². The standard InChI is InChI=1S/C20H26N6O2S/c1-13-16-18(22-14(2)23-19(16)29-17(13)20(27)28-3)24-15-11-21-26(12-15)10-9-25-7-5-4-6-8-25/h11-12H,4-10H2,1-3H3,(H,22,23,24). The first-order valence-corrected chi connectivity index (χ1v) is 10.7. The number of methoxy groups -OCH3 is 1. The van der Waals surface area contributed by atoms with E-state index < -0.39 is 0 Å². The van der Waals surface area contributed by atoms with Crippen molar-refractivity contribution in [2.75, 3.05) is 32.1 Å². The highest BCUT2D eigenvalue weighted by Crippen LogP contribution is 2.35. The fourth-order valence-electron chi connectivity index (χ4n) is 3.74. The molecular weight excluding hydrogens is 388 g/mol. The lowest BCUT2D eigenvalue weighted by Gasteiger charge is -2.26. The van der Waals surface area contributed by atoms with Crippen LogP contribution in [0.2, 0.25) is 0 Å². The molecule has 0 atom stereocenters. The van der Waals surface area contributed by atoms with Gasteiger partial charge in [0.2, 0.25) is 0 Å². The average Bonchev–Trinajstić information content (AvgIpc) is 3.30. The van der Waals surface area contributed by atoms with E-state index >= 15 is 0 Å². The number of hydrogen-bond acceptors (Lipinski definition) is 8. The Morgan fingerprint density at radius 1 is 1.21 bits per heavy atom. The Labute approximate surface area is 173 Å². The minimum absolute atomic E-state index is 0.348. The number of carbonyl (C=O) groups is 1. The maximum Gasteiger partial charge on any atom is 0.348 e. The number of aromatic nitrogens is 4. The van der Waals surface area contributed by atoms with E-state index in [0.717, 1.165) is 34.6 Å². The number of fused-ring (bicyclic) bond motifs is 1. The maximum atomic E-state index is 12.1. The maximum absolute atomic E-state index is 12.1. The van der Waals surface area contributed by atoms with Crippen molar-refractivity contribution in [3.05, 3.63) is 28.7 Å². The number of nitrogens with zero attached hydrogens (tertiary/aromatic N) is 5. The molecule has 3 aromatic heterocycles. The predicted octanol–water partition coefficient (Wildman–Crippen LogP) is 3.52. The van der Waals surface area contributed by atoms with Gasteiger partial charge in [-0.15, -0.1) is 11.3 Å². The molecule has 29 heavy (non-hydrogen) atoms. The van der Waals surface area contributed by atoms with Gasteiger partial charge in [-0.25, -0.2) is 14.8 Å². The summed E-state index contributed by atoms with van der Waals surface area (Å²) in [5.41, 5.74) is 1.70. The van der Waals surface area contributed by atoms with Crippen molar-refractivity contribution < 1.29 is 9.53 Å². The third-order valence-electron chi connectivity index (χ3n) is 5.26. The summed E-state index contributed by atoms with van der Waals surface area (Å²) in [6, 6.07) is 0. The summed E-state index contributed by atoms with van der Waals surface area (Å²) in [4.78, 5) is 25.0. The highest BCUT2D eigenvalue weighted by molar-refractivity contribution is 7.20. The Morgan fingerprint density at radius 3 is 2.76 bits per heavy atom. The van der Waals surface area contributed by atoms with Crippen molar-refractivity contribution in [3.8, 4) is 0 Å². The van der Waals surface area contributed by atoms with Crippen LogP contribution in [0.1, 0.15) is 40.3 Å². The van der Waals surface area contributed by atoms with Gasteiger partial charge < -0.3 is 15.0 Å². The van der Waals surface area contributed by atoms with E-state index in [4.69, 9.17) is 4.74 Å². The topological polar surface area (TPSA) is 85.2 Å². The Kier molecular flexibility index (Phi) is 5.77. The number of hydrogen-bond donors (Lipinski definition) is 1. The molecule has 4 rings (SSSR count). The van der Waals surface area contributed by atoms with Crippen LogP contribution in [0.3, 0.4) is 0 Å². The van der Waals surface area contributed by atoms with Crippen molar-refractivity contribution in [2.45, 2.75) is 39.7 Å². The number of ether oxygens (including phenoxy) is 1. The van der Waals surface area contributed by atoms with Crippen LogP contribution < -0.4 is 5.32 Å². The smallest absolute Gasteiger partial charge is 0.348 e. The second-order valence-corrected chi connectivity index (χ2v) is 8.37. The van der Waals surface area contributed by atoms with Gasteiger partial charge in [-0.1, -0.05) is 6.42 Å². The van der Waals surface area contributed by atoms with Gasteiger partial charge in [0, 0.05) is 12.7 Å². The van der Waals surface area contributed by atoms with Crippen molar-refractivity contribution in [2.24, 2.45) is 0 Å². The first-order chi connectivity index (χ1) is 14.0. The fourth-order valence-corrected chi connectivity index (χ4v) is 4.88. The van der Waals surface area contributed by atoms with Crippen LogP contribution in [0.25, 0.3) is 10.2 Å². The van der Waals surface area contributed by atoms with Crippen LogP contribution in [-0.4, -0.2) is 57.4 Å². The molecule has 1 aliphatic heterocycles. The number of esters is 1.